The van der Waals surface area contributed by atoms with E-state index in [4.69, 9.17) is 0 Å². The number of unbranched alkanes of at least 4 members (excludes halogenated alkanes) is 2. The molecule has 0 N–H and O–H groups in total. The van der Waals surface area contributed by atoms with Crippen molar-refractivity contribution in [3.63, 3.8) is 0 Å². The maximum Gasteiger partial charge on any atom is 0.673 e. The van der Waals surface area contributed by atoms with Crippen molar-refractivity contribution < 1.29 is 65.7 Å². The van der Waals surface area contributed by atoms with E-state index in [1.807, 2.05) is 14.1 Å². The first-order chi connectivity index (χ1) is 17.1. The summed E-state index contributed by atoms with van der Waals surface area (Å²) in [4.78, 5) is 0. The maximum atomic E-state index is 11.8. The summed E-state index contributed by atoms with van der Waals surface area (Å²) in [6.07, 6.45) is 6.53. The lowest BCUT2D eigenvalue weighted by Crippen LogP contribution is -2.46. The second kappa shape index (κ2) is 16.6. The first-order valence-corrected chi connectivity index (χ1v) is 12.4. The minimum atomic E-state index is -6.66. The topological polar surface area (TPSA) is 74.8 Å². The van der Waals surface area contributed by atoms with Crippen LogP contribution >= 0.6 is 0 Å². The van der Waals surface area contributed by atoms with Gasteiger partial charge in [-0.15, -0.1) is 0 Å². The molecule has 2 aromatic heterocycles. The van der Waals surface area contributed by atoms with Crippen molar-refractivity contribution in [2.24, 2.45) is 14.1 Å². The van der Waals surface area contributed by atoms with Crippen LogP contribution < -0.4 is 9.13 Å². The fourth-order valence-corrected chi connectivity index (χ4v) is 2.65. The lowest BCUT2D eigenvalue weighted by molar-refractivity contribution is -0.671. The largest absolute Gasteiger partial charge is 0.743 e. The third-order valence-corrected chi connectivity index (χ3v) is 4.98. The lowest BCUT2D eigenvalue weighted by atomic mass is 10.3. The Morgan fingerprint density at radius 1 is 0.842 bits per heavy atom. The van der Waals surface area contributed by atoms with Gasteiger partial charge in [-0.05, 0) is 12.8 Å². The molecule has 0 aliphatic heterocycles. The average molecular weight is 596 g/mol. The second-order valence-electron chi connectivity index (χ2n) is 7.76. The smallest absolute Gasteiger partial charge is 0.673 e. The van der Waals surface area contributed by atoms with Crippen LogP contribution in [0.25, 0.3) is 0 Å². The summed E-state index contributed by atoms with van der Waals surface area (Å²) in [7, 11) is -8.57. The monoisotopic (exact) mass is 596 g/mol. The lowest BCUT2D eigenvalue weighted by Gasteiger charge is -2.24. The Morgan fingerprint density at radius 3 is 1.32 bits per heavy atom. The van der Waals surface area contributed by atoms with E-state index in [2.05, 4.69) is 69.6 Å². The molecular weight excluding hydrogens is 565 g/mol. The van der Waals surface area contributed by atoms with Gasteiger partial charge < -0.3 is 21.8 Å². The highest BCUT2D eigenvalue weighted by molar-refractivity contribution is 7.86. The van der Waals surface area contributed by atoms with Gasteiger partial charge in [-0.2, -0.15) is 22.0 Å². The summed E-state index contributed by atoms with van der Waals surface area (Å²) in [5.74, 6) is 0. The summed E-state index contributed by atoms with van der Waals surface area (Å²) >= 11 is 0. The van der Waals surface area contributed by atoms with Gasteiger partial charge in [0.2, 0.25) is 12.7 Å². The van der Waals surface area contributed by atoms with E-state index in [1.165, 1.54) is 25.7 Å². The molecule has 2 heterocycles. The van der Waals surface area contributed by atoms with E-state index < -0.39 is 35.0 Å². The van der Waals surface area contributed by atoms with Crippen molar-refractivity contribution in [1.82, 2.24) is 9.13 Å². The van der Waals surface area contributed by atoms with Gasteiger partial charge >= 0.3 is 18.7 Å². The zero-order chi connectivity index (χ0) is 30.4. The van der Waals surface area contributed by atoms with Gasteiger partial charge in [0, 0.05) is 0 Å². The number of hydrogen-bond acceptors (Lipinski definition) is 3. The van der Waals surface area contributed by atoms with Crippen molar-refractivity contribution in [2.45, 2.75) is 70.2 Å². The van der Waals surface area contributed by atoms with E-state index in [-0.39, 0.29) is 0 Å². The second-order valence-corrected chi connectivity index (χ2v) is 9.21. The maximum absolute atomic E-state index is 11.8. The van der Waals surface area contributed by atoms with Crippen LogP contribution in [0.4, 0.5) is 43.6 Å². The van der Waals surface area contributed by atoms with Crippen molar-refractivity contribution in [3.8, 4) is 0 Å². The molecule has 2 aromatic rings. The van der Waals surface area contributed by atoms with Gasteiger partial charge in [0.1, 0.15) is 24.8 Å². The first-order valence-electron chi connectivity index (χ1n) is 11.0. The van der Waals surface area contributed by atoms with E-state index >= 15 is 0 Å². The molecule has 0 aliphatic rings. The number of nitrogens with zero attached hydrogens (tertiary/aromatic N) is 4. The van der Waals surface area contributed by atoms with Crippen LogP contribution in [0.5, 0.6) is 0 Å². The number of aryl methyl sites for hydroxylation is 4. The standard InChI is InChI=1S/2C8H15N2.C3H2F6O3S.BF4/c2*1-3-4-5-10-7-6-9(2)8-10;4-1(2(5,6)7)3(8,9)13(10,11)12;2-1(3,4)5/h2*6-8H,3-5H2,1-2H3;1H,(H,10,11,12);/q2*+1;;-1/p-1. The highest BCUT2D eigenvalue weighted by Gasteiger charge is 2.61. The van der Waals surface area contributed by atoms with Gasteiger partial charge in [0.05, 0.1) is 27.2 Å². The molecule has 0 aliphatic carbocycles. The Morgan fingerprint density at radius 2 is 1.16 bits per heavy atom. The molecule has 2 rings (SSSR count). The van der Waals surface area contributed by atoms with Crippen molar-refractivity contribution in [1.29, 1.82) is 0 Å². The number of halogens is 10. The Kier molecular flexibility index (Phi) is 16.5. The minimum absolute atomic E-state index is 1.15. The first kappa shape index (κ1) is 37.8. The molecule has 0 amide bonds. The van der Waals surface area contributed by atoms with E-state index in [0.29, 0.717) is 0 Å². The number of imidazole rings is 2. The zero-order valence-electron chi connectivity index (χ0n) is 21.1. The van der Waals surface area contributed by atoms with Crippen LogP contribution in [0.3, 0.4) is 0 Å². The third-order valence-electron chi connectivity index (χ3n) is 4.10. The van der Waals surface area contributed by atoms with E-state index in [0.717, 1.165) is 13.1 Å². The van der Waals surface area contributed by atoms with Gasteiger partial charge in [-0.1, -0.05) is 26.7 Å². The molecule has 1 atom stereocenters. The average Bonchev–Trinajstić information content (AvgIpc) is 3.36. The third kappa shape index (κ3) is 18.0. The highest BCUT2D eigenvalue weighted by atomic mass is 32.2. The van der Waals surface area contributed by atoms with E-state index in [9.17, 15) is 56.6 Å². The van der Waals surface area contributed by atoms with Crippen molar-refractivity contribution >= 4 is 17.4 Å². The summed E-state index contributed by atoms with van der Waals surface area (Å²) in [6, 6.07) is 0. The van der Waals surface area contributed by atoms with Crippen molar-refractivity contribution in [2.75, 3.05) is 0 Å². The van der Waals surface area contributed by atoms with Crippen molar-refractivity contribution in [3.05, 3.63) is 37.4 Å². The molecule has 224 valence electrons. The van der Waals surface area contributed by atoms with Crippen LogP contribution in [0, 0.1) is 0 Å². The molecule has 7 nitrogen and oxygen atoms in total. The molecule has 0 radical (unpaired) electrons. The van der Waals surface area contributed by atoms with Gasteiger partial charge in [0.25, 0.3) is 6.17 Å². The number of alkyl halides is 6. The SMILES string of the molecule is CCCCn1cc[n+](C)c1.CCCCn1cc[n+](C)c1.F[B-](F)(F)F.O=S(=O)([O-])C(F)(F)C(F)C(F)(F)F. The Balaban J connectivity index is 0. The van der Waals surface area contributed by atoms with Gasteiger partial charge in [-0.3, -0.25) is 0 Å². The molecule has 0 saturated carbocycles. The molecule has 0 spiro atoms. The summed E-state index contributed by atoms with van der Waals surface area (Å²) in [5.41, 5.74) is 0. The van der Waals surface area contributed by atoms with E-state index in [1.54, 1.807) is 0 Å². The molecule has 1 unspecified atom stereocenters. The quantitative estimate of drug-likeness (QED) is 0.194. The summed E-state index contributed by atoms with van der Waals surface area (Å²) in [6.45, 7) is 6.72. The molecule has 38 heavy (non-hydrogen) atoms. The fourth-order valence-electron chi connectivity index (χ4n) is 2.27. The predicted octanol–water partition coefficient (Wildman–Crippen LogP) is 4.55. The summed E-state index contributed by atoms with van der Waals surface area (Å²) < 4.78 is 145. The number of aromatic nitrogens is 4. The highest BCUT2D eigenvalue weighted by Crippen LogP contribution is 2.37. The van der Waals surface area contributed by atoms with Crippen LogP contribution in [0.15, 0.2) is 37.4 Å². The molecule has 19 heteroatoms. The molecule has 0 saturated heterocycles. The Labute approximate surface area is 214 Å². The number of hydrogen-bond donors (Lipinski definition) is 0. The molecular formula is C19H31BF10N4O3S. The van der Waals surface area contributed by atoms with Crippen LogP contribution in [-0.2, 0) is 37.3 Å². The molecule has 0 fully saturated rings. The predicted molar refractivity (Wildman–Crippen MR) is 117 cm³/mol. The zero-order valence-corrected chi connectivity index (χ0v) is 21.9. The Hall–Kier alpha value is -2.31. The fraction of sp³-hybridized carbons (Fsp3) is 0.684. The molecule has 0 aromatic carbocycles. The van der Waals surface area contributed by atoms with Gasteiger partial charge in [-0.25, -0.2) is 31.1 Å². The Bertz CT molecular complexity index is 961. The van der Waals surface area contributed by atoms with Gasteiger partial charge in [0.15, 0.2) is 10.1 Å². The molecule has 0 bridgehead atoms. The van der Waals surface area contributed by atoms with Crippen LogP contribution in [-0.4, -0.2) is 47.0 Å². The normalized spacial score (nSPS) is 12.8. The van der Waals surface area contributed by atoms with Crippen LogP contribution in [0.2, 0.25) is 0 Å². The van der Waals surface area contributed by atoms with Crippen LogP contribution in [0.1, 0.15) is 39.5 Å². The number of rotatable bonds is 8. The minimum Gasteiger partial charge on any atom is -0.743 e. The summed E-state index contributed by atoms with van der Waals surface area (Å²) in [5, 5.41) is -5.99.